The Morgan fingerprint density at radius 1 is 1.12 bits per heavy atom. The molecule has 0 N–H and O–H groups in total. The van der Waals surface area contributed by atoms with Gasteiger partial charge < -0.3 is 4.74 Å². The van der Waals surface area contributed by atoms with Crippen molar-refractivity contribution >= 4 is 5.97 Å². The first kappa shape index (κ1) is 15.0. The van der Waals surface area contributed by atoms with Crippen LogP contribution in [0.1, 0.15) is 6.92 Å². The molecular weight excluding hydrogens is 249 g/mol. The zero-order valence-electron chi connectivity index (χ0n) is 8.04. The van der Waals surface area contributed by atoms with Gasteiger partial charge in [0.2, 0.25) is 0 Å². The molecule has 0 aromatic rings. The molecule has 0 aliphatic heterocycles. The van der Waals surface area contributed by atoms with Crippen molar-refractivity contribution in [3.8, 4) is 0 Å². The van der Waals surface area contributed by atoms with Gasteiger partial charge in [0.1, 0.15) is 0 Å². The molecule has 0 amide bonds. The Hall–Kier alpha value is -1.02. The van der Waals surface area contributed by atoms with Gasteiger partial charge in [-0.15, -0.1) is 0 Å². The molecule has 0 fully saturated rings. The lowest BCUT2D eigenvalue weighted by atomic mass is 10.0. The Labute approximate surface area is 85.4 Å². The first-order chi connectivity index (χ1) is 6.92. The lowest BCUT2D eigenvalue weighted by Crippen LogP contribution is -2.61. The second-order valence-corrected chi connectivity index (χ2v) is 2.88. The minimum Gasteiger partial charge on any atom is -0.464 e. The Kier molecular flexibility index (Phi) is 3.83. The fourth-order valence-corrected chi connectivity index (χ4v) is 0.715. The molecule has 0 aromatic carbocycles. The van der Waals surface area contributed by atoms with Crippen molar-refractivity contribution in [2.75, 3.05) is 7.11 Å². The molecular formula is C7H7F7O2. The number of ether oxygens (including phenoxy) is 1. The summed E-state index contributed by atoms with van der Waals surface area (Å²) in [4.78, 5) is 10.2. The number of hydrogen-bond acceptors (Lipinski definition) is 2. The number of esters is 1. The topological polar surface area (TPSA) is 26.3 Å². The third-order valence-corrected chi connectivity index (χ3v) is 1.75. The molecule has 2 nitrogen and oxygen atoms in total. The van der Waals surface area contributed by atoms with Gasteiger partial charge in [-0.3, -0.25) is 0 Å². The average molecular weight is 256 g/mol. The van der Waals surface area contributed by atoms with E-state index in [0.29, 0.717) is 7.11 Å². The summed E-state index contributed by atoms with van der Waals surface area (Å²) in [5, 5.41) is 0. The van der Waals surface area contributed by atoms with Gasteiger partial charge in [0.15, 0.2) is 6.17 Å². The fourth-order valence-electron chi connectivity index (χ4n) is 0.715. The zero-order valence-corrected chi connectivity index (χ0v) is 8.04. The summed E-state index contributed by atoms with van der Waals surface area (Å²) in [5.74, 6) is -20.5. The summed E-state index contributed by atoms with van der Waals surface area (Å²) in [7, 11) is 0.309. The molecule has 0 heterocycles. The quantitative estimate of drug-likeness (QED) is 0.570. The molecule has 9 heteroatoms. The summed E-state index contributed by atoms with van der Waals surface area (Å²) in [6, 6.07) is 0. The van der Waals surface area contributed by atoms with Crippen LogP contribution < -0.4 is 0 Å². The van der Waals surface area contributed by atoms with E-state index in [1.54, 1.807) is 0 Å². The Morgan fingerprint density at radius 2 is 1.50 bits per heavy atom. The van der Waals surface area contributed by atoms with E-state index in [9.17, 15) is 35.5 Å². The molecule has 0 aliphatic rings. The van der Waals surface area contributed by atoms with Gasteiger partial charge in [-0.2, -0.15) is 26.3 Å². The van der Waals surface area contributed by atoms with Gasteiger partial charge in [0.05, 0.1) is 7.11 Å². The van der Waals surface area contributed by atoms with Crippen molar-refractivity contribution in [1.82, 2.24) is 0 Å². The number of carbonyl (C=O) groups excluding carboxylic acids is 1. The van der Waals surface area contributed by atoms with Crippen molar-refractivity contribution in [3.63, 3.8) is 0 Å². The van der Waals surface area contributed by atoms with Crippen molar-refractivity contribution in [1.29, 1.82) is 0 Å². The largest absolute Gasteiger partial charge is 0.464 e. The number of hydrogen-bond donors (Lipinski definition) is 0. The Balaban J connectivity index is 5.42. The van der Waals surface area contributed by atoms with E-state index in [1.165, 1.54) is 0 Å². The second kappa shape index (κ2) is 4.10. The maximum Gasteiger partial charge on any atom is 0.410 e. The third kappa shape index (κ3) is 1.94. The molecule has 1 unspecified atom stereocenters. The molecule has 0 aromatic heterocycles. The predicted octanol–water partition coefficient (Wildman–Crippen LogP) is 2.42. The van der Waals surface area contributed by atoms with Crippen LogP contribution in [0.5, 0.6) is 0 Å². The minimum absolute atomic E-state index is 0.0265. The smallest absolute Gasteiger partial charge is 0.410 e. The van der Waals surface area contributed by atoms with E-state index in [1.807, 2.05) is 0 Å². The maximum atomic E-state index is 12.6. The molecule has 0 radical (unpaired) electrons. The monoisotopic (exact) mass is 256 g/mol. The number of rotatable bonds is 4. The first-order valence-corrected chi connectivity index (χ1v) is 3.78. The highest BCUT2D eigenvalue weighted by Gasteiger charge is 2.77. The van der Waals surface area contributed by atoms with E-state index in [2.05, 4.69) is 4.74 Å². The second-order valence-electron chi connectivity index (χ2n) is 2.88. The average Bonchev–Trinajstić information content (AvgIpc) is 2.15. The number of halogens is 7. The van der Waals surface area contributed by atoms with Crippen LogP contribution in [0.15, 0.2) is 0 Å². The number of carbonyl (C=O) groups is 1. The SMILES string of the molecule is COC(=O)C(F)(F)C(F)(F)C(F)(F)C(C)F. The van der Waals surface area contributed by atoms with Crippen LogP contribution in [0.4, 0.5) is 30.7 Å². The molecule has 0 bridgehead atoms. The summed E-state index contributed by atoms with van der Waals surface area (Å²) in [6.45, 7) is -0.0265. The molecule has 0 aliphatic carbocycles. The van der Waals surface area contributed by atoms with Crippen LogP contribution in [0.25, 0.3) is 0 Å². The van der Waals surface area contributed by atoms with Crippen LogP contribution in [-0.4, -0.2) is 37.0 Å². The lowest BCUT2D eigenvalue weighted by Gasteiger charge is -2.31. The highest BCUT2D eigenvalue weighted by atomic mass is 19.3. The summed E-state index contributed by atoms with van der Waals surface area (Å²) >= 11 is 0. The van der Waals surface area contributed by atoms with Crippen LogP contribution in [0, 0.1) is 0 Å². The lowest BCUT2D eigenvalue weighted by molar-refractivity contribution is -0.317. The van der Waals surface area contributed by atoms with E-state index < -0.39 is 29.9 Å². The van der Waals surface area contributed by atoms with E-state index in [0.717, 1.165) is 0 Å². The van der Waals surface area contributed by atoms with Crippen molar-refractivity contribution in [2.24, 2.45) is 0 Å². The molecule has 0 saturated heterocycles. The summed E-state index contributed by atoms with van der Waals surface area (Å²) in [6.07, 6.45) is -3.56. The molecule has 96 valence electrons. The van der Waals surface area contributed by atoms with Gasteiger partial charge in [-0.1, -0.05) is 0 Å². The minimum atomic E-state index is -6.18. The van der Waals surface area contributed by atoms with Crippen molar-refractivity contribution in [3.05, 3.63) is 0 Å². The molecule has 0 saturated carbocycles. The van der Waals surface area contributed by atoms with Gasteiger partial charge in [0, 0.05) is 0 Å². The van der Waals surface area contributed by atoms with E-state index >= 15 is 0 Å². The fraction of sp³-hybridized carbons (Fsp3) is 0.857. The molecule has 1 atom stereocenters. The van der Waals surface area contributed by atoms with Crippen molar-refractivity contribution in [2.45, 2.75) is 30.9 Å². The molecule has 0 rings (SSSR count). The van der Waals surface area contributed by atoms with Crippen molar-refractivity contribution < 1.29 is 40.3 Å². The van der Waals surface area contributed by atoms with Crippen LogP contribution in [-0.2, 0) is 9.53 Å². The van der Waals surface area contributed by atoms with E-state index in [4.69, 9.17) is 0 Å². The van der Waals surface area contributed by atoms with Gasteiger partial charge in [0.25, 0.3) is 0 Å². The highest BCUT2D eigenvalue weighted by Crippen LogP contribution is 2.48. The Bertz CT molecular complexity index is 274. The number of alkyl halides is 7. The normalized spacial score (nSPS) is 15.8. The van der Waals surface area contributed by atoms with Crippen LogP contribution in [0.3, 0.4) is 0 Å². The predicted molar refractivity (Wildman–Crippen MR) is 37.4 cm³/mol. The third-order valence-electron chi connectivity index (χ3n) is 1.75. The van der Waals surface area contributed by atoms with Crippen LogP contribution in [0.2, 0.25) is 0 Å². The van der Waals surface area contributed by atoms with E-state index in [-0.39, 0.29) is 6.92 Å². The van der Waals surface area contributed by atoms with Gasteiger partial charge in [-0.05, 0) is 6.92 Å². The van der Waals surface area contributed by atoms with Crippen LogP contribution >= 0.6 is 0 Å². The molecule has 16 heavy (non-hydrogen) atoms. The van der Waals surface area contributed by atoms with Gasteiger partial charge >= 0.3 is 23.7 Å². The maximum absolute atomic E-state index is 12.6. The molecule has 0 spiro atoms. The first-order valence-electron chi connectivity index (χ1n) is 3.78. The summed E-state index contributed by atoms with van der Waals surface area (Å²) < 4.78 is 90.8. The zero-order chi connectivity index (χ0) is 13.4. The van der Waals surface area contributed by atoms with Gasteiger partial charge in [-0.25, -0.2) is 9.18 Å². The number of methoxy groups -OCH3 is 1. The standard InChI is InChI=1S/C7H7F7O2/c1-3(8)5(9,10)7(13,14)6(11,12)4(15)16-2/h3H,1-2H3. The highest BCUT2D eigenvalue weighted by molar-refractivity contribution is 5.79. The summed E-state index contributed by atoms with van der Waals surface area (Å²) in [5.41, 5.74) is 0. The Morgan fingerprint density at radius 3 is 1.75 bits per heavy atom.